The largest absolute Gasteiger partial charge is 0.448 e. The second-order valence-electron chi connectivity index (χ2n) is 7.90. The predicted molar refractivity (Wildman–Crippen MR) is 110 cm³/mol. The van der Waals surface area contributed by atoms with Crippen LogP contribution in [0.1, 0.15) is 28.9 Å². The van der Waals surface area contributed by atoms with Gasteiger partial charge in [-0.05, 0) is 18.9 Å². The van der Waals surface area contributed by atoms with Gasteiger partial charge >= 0.3 is 12.3 Å². The fourth-order valence-electron chi connectivity index (χ4n) is 4.30. The lowest BCUT2D eigenvalue weighted by Crippen LogP contribution is -2.47. The minimum Gasteiger partial charge on any atom is -0.448 e. The van der Waals surface area contributed by atoms with Crippen molar-refractivity contribution in [2.24, 2.45) is 0 Å². The summed E-state index contributed by atoms with van der Waals surface area (Å²) in [7, 11) is 0. The monoisotopic (exact) mass is 482 g/mol. The molecule has 3 aromatic rings. The maximum absolute atomic E-state index is 13.8. The van der Waals surface area contributed by atoms with Gasteiger partial charge in [-0.25, -0.2) is 9.78 Å². The number of pyridine rings is 1. The molecule has 5 heterocycles. The third kappa shape index (κ3) is 3.77. The van der Waals surface area contributed by atoms with E-state index in [0.717, 1.165) is 10.5 Å². The van der Waals surface area contributed by atoms with Crippen LogP contribution in [-0.2, 0) is 10.9 Å². The summed E-state index contributed by atoms with van der Waals surface area (Å²) < 4.78 is 47.4. The van der Waals surface area contributed by atoms with Crippen LogP contribution in [0.15, 0.2) is 24.7 Å². The topological polar surface area (TPSA) is 95.8 Å². The number of rotatable bonds is 3. The molecular formula is C20H18ClF3N6O3. The average molecular weight is 483 g/mol. The van der Waals surface area contributed by atoms with E-state index in [9.17, 15) is 22.8 Å². The highest BCUT2D eigenvalue weighted by Crippen LogP contribution is 2.37. The molecule has 2 saturated heterocycles. The van der Waals surface area contributed by atoms with Crippen molar-refractivity contribution in [2.75, 3.05) is 26.2 Å². The molecule has 0 spiro atoms. The summed E-state index contributed by atoms with van der Waals surface area (Å²) in [6.07, 6.45) is 0.230. The predicted octanol–water partition coefficient (Wildman–Crippen LogP) is 3.45. The number of piperidine rings is 1. The van der Waals surface area contributed by atoms with Crippen molar-refractivity contribution in [3.8, 4) is 11.1 Å². The summed E-state index contributed by atoms with van der Waals surface area (Å²) in [4.78, 5) is 32.0. The number of imidazole rings is 1. The van der Waals surface area contributed by atoms with Crippen molar-refractivity contribution < 1.29 is 27.5 Å². The van der Waals surface area contributed by atoms with Crippen LogP contribution in [0.4, 0.5) is 18.0 Å². The first-order chi connectivity index (χ1) is 15.7. The molecule has 1 N–H and O–H groups in total. The molecule has 0 unspecified atom stereocenters. The molecule has 5 rings (SSSR count). The Kier molecular flexibility index (Phi) is 5.19. The lowest BCUT2D eigenvalue weighted by molar-refractivity contribution is -0.136. The van der Waals surface area contributed by atoms with Crippen LogP contribution in [-0.4, -0.2) is 73.7 Å². The molecule has 2 aliphatic heterocycles. The molecule has 0 saturated carbocycles. The fourth-order valence-corrected chi connectivity index (χ4v) is 4.55. The van der Waals surface area contributed by atoms with Gasteiger partial charge in [0.1, 0.15) is 11.8 Å². The SMILES string of the molecule is O=C(c1nc2c(C(F)(F)F)cc(-c3cn[nH]c3)cn2c1Cl)N1CCC(N2CCOC2=O)CC1. The number of ether oxygens (including phenoxy) is 1. The lowest BCUT2D eigenvalue weighted by atomic mass is 10.0. The Morgan fingerprint density at radius 2 is 1.97 bits per heavy atom. The Bertz CT molecular complexity index is 1220. The Morgan fingerprint density at radius 3 is 2.58 bits per heavy atom. The maximum atomic E-state index is 13.8. The number of hydrogen-bond donors (Lipinski definition) is 1. The first-order valence-electron chi connectivity index (χ1n) is 10.2. The molecule has 2 aliphatic rings. The molecule has 33 heavy (non-hydrogen) atoms. The molecule has 174 valence electrons. The van der Waals surface area contributed by atoms with Gasteiger partial charge in [-0.3, -0.25) is 14.3 Å². The fraction of sp³-hybridized carbons (Fsp3) is 0.400. The van der Waals surface area contributed by atoms with E-state index in [1.165, 1.54) is 23.5 Å². The van der Waals surface area contributed by atoms with Crippen LogP contribution in [0.5, 0.6) is 0 Å². The summed E-state index contributed by atoms with van der Waals surface area (Å²) in [5, 5.41) is 6.13. The highest BCUT2D eigenvalue weighted by atomic mass is 35.5. The second kappa shape index (κ2) is 7.94. The number of halogens is 4. The minimum absolute atomic E-state index is 0.0464. The molecule has 0 aliphatic carbocycles. The average Bonchev–Trinajstić information content (AvgIpc) is 3.53. The van der Waals surface area contributed by atoms with Crippen LogP contribution in [0, 0.1) is 0 Å². The van der Waals surface area contributed by atoms with Crippen molar-refractivity contribution in [1.29, 1.82) is 0 Å². The zero-order chi connectivity index (χ0) is 23.3. The molecule has 3 aromatic heterocycles. The normalized spacial score (nSPS) is 17.8. The number of aromatic amines is 1. The highest BCUT2D eigenvalue weighted by Gasteiger charge is 2.38. The van der Waals surface area contributed by atoms with Gasteiger partial charge in [0, 0.05) is 42.7 Å². The number of aromatic nitrogens is 4. The smallest absolute Gasteiger partial charge is 0.420 e. The van der Waals surface area contributed by atoms with E-state index >= 15 is 0 Å². The standard InChI is InChI=1S/C20H18ClF3N6O3/c21-16-15(18(31)28-3-1-13(2-4-28)29-5-6-33-19(29)32)27-17-14(20(22,23)24)7-11(10-30(16)17)12-8-25-26-9-12/h7-10,13H,1-6H2,(H,25,26). The highest BCUT2D eigenvalue weighted by molar-refractivity contribution is 6.33. The minimum atomic E-state index is -4.71. The van der Waals surface area contributed by atoms with Gasteiger partial charge in [0.15, 0.2) is 11.3 Å². The number of nitrogens with zero attached hydrogens (tertiary/aromatic N) is 5. The molecule has 2 amide bonds. The molecule has 0 aromatic carbocycles. The third-order valence-electron chi connectivity index (χ3n) is 5.99. The van der Waals surface area contributed by atoms with Crippen molar-refractivity contribution in [3.63, 3.8) is 0 Å². The van der Waals surface area contributed by atoms with E-state index in [4.69, 9.17) is 16.3 Å². The Hall–Kier alpha value is -3.28. The summed E-state index contributed by atoms with van der Waals surface area (Å²) >= 11 is 6.37. The van der Waals surface area contributed by atoms with E-state index in [1.807, 2.05) is 0 Å². The Balaban J connectivity index is 1.46. The van der Waals surface area contributed by atoms with Gasteiger partial charge in [0.05, 0.1) is 18.3 Å². The van der Waals surface area contributed by atoms with E-state index < -0.39 is 23.3 Å². The van der Waals surface area contributed by atoms with Gasteiger partial charge in [-0.15, -0.1) is 0 Å². The molecule has 13 heteroatoms. The number of carbonyl (C=O) groups excluding carboxylic acids is 2. The summed E-state index contributed by atoms with van der Waals surface area (Å²) in [5.41, 5.74) is -1.04. The first-order valence-corrected chi connectivity index (χ1v) is 10.6. The van der Waals surface area contributed by atoms with Crippen LogP contribution in [0.3, 0.4) is 0 Å². The second-order valence-corrected chi connectivity index (χ2v) is 8.26. The van der Waals surface area contributed by atoms with E-state index in [1.54, 1.807) is 4.90 Å². The van der Waals surface area contributed by atoms with E-state index in [-0.39, 0.29) is 28.5 Å². The molecule has 0 atom stereocenters. The number of carbonyl (C=O) groups is 2. The lowest BCUT2D eigenvalue weighted by Gasteiger charge is -2.35. The van der Waals surface area contributed by atoms with Gasteiger partial charge in [0.2, 0.25) is 0 Å². The van der Waals surface area contributed by atoms with Gasteiger partial charge < -0.3 is 14.5 Å². The van der Waals surface area contributed by atoms with Crippen LogP contribution >= 0.6 is 11.6 Å². The first kappa shape index (κ1) is 21.6. The molecule has 0 radical (unpaired) electrons. The van der Waals surface area contributed by atoms with Crippen molar-refractivity contribution in [3.05, 3.63) is 41.1 Å². The third-order valence-corrected chi connectivity index (χ3v) is 6.35. The number of H-pyrrole nitrogens is 1. The Labute approximate surface area is 190 Å². The van der Waals surface area contributed by atoms with Gasteiger partial charge in [-0.2, -0.15) is 18.3 Å². The molecule has 2 fully saturated rings. The van der Waals surface area contributed by atoms with E-state index in [0.29, 0.717) is 44.6 Å². The summed E-state index contributed by atoms with van der Waals surface area (Å²) in [5.74, 6) is -0.552. The van der Waals surface area contributed by atoms with Gasteiger partial charge in [0.25, 0.3) is 5.91 Å². The van der Waals surface area contributed by atoms with Crippen molar-refractivity contribution >= 4 is 29.2 Å². The van der Waals surface area contributed by atoms with Crippen LogP contribution < -0.4 is 0 Å². The number of hydrogen-bond acceptors (Lipinski definition) is 5. The van der Waals surface area contributed by atoms with Crippen molar-refractivity contribution in [1.82, 2.24) is 29.4 Å². The number of amides is 2. The van der Waals surface area contributed by atoms with E-state index in [2.05, 4.69) is 15.2 Å². The molecule has 0 bridgehead atoms. The van der Waals surface area contributed by atoms with Crippen LogP contribution in [0.2, 0.25) is 5.15 Å². The summed E-state index contributed by atoms with van der Waals surface area (Å²) in [6.45, 7) is 1.50. The number of cyclic esters (lactones) is 1. The number of likely N-dealkylation sites (tertiary alicyclic amines) is 1. The maximum Gasteiger partial charge on any atom is 0.420 e. The number of nitrogens with one attached hydrogen (secondary N) is 1. The Morgan fingerprint density at radius 1 is 1.21 bits per heavy atom. The van der Waals surface area contributed by atoms with Crippen LogP contribution in [0.25, 0.3) is 16.8 Å². The number of alkyl halides is 3. The zero-order valence-corrected chi connectivity index (χ0v) is 17.9. The number of fused-ring (bicyclic) bond motifs is 1. The molecular weight excluding hydrogens is 465 g/mol. The van der Waals surface area contributed by atoms with Crippen molar-refractivity contribution in [2.45, 2.75) is 25.1 Å². The molecule has 9 nitrogen and oxygen atoms in total. The summed E-state index contributed by atoms with van der Waals surface area (Å²) in [6, 6.07) is 0.910. The quantitative estimate of drug-likeness (QED) is 0.617. The zero-order valence-electron chi connectivity index (χ0n) is 17.1. The van der Waals surface area contributed by atoms with Gasteiger partial charge in [-0.1, -0.05) is 11.6 Å².